The van der Waals surface area contributed by atoms with Crippen LogP contribution < -0.4 is 11.1 Å². The number of carbonyl (C=O) groups is 2. The molecule has 0 atom stereocenters. The molecule has 0 spiro atoms. The van der Waals surface area contributed by atoms with Crippen LogP contribution in [0.4, 0.5) is 17.1 Å². The van der Waals surface area contributed by atoms with Crippen molar-refractivity contribution in [3.8, 4) is 0 Å². The number of Topliss-reactive ketones (excluding diaryl/α,β-unsaturated/α-hetero) is 2. The molecule has 2 aromatic heterocycles. The van der Waals surface area contributed by atoms with Gasteiger partial charge in [0.15, 0.2) is 11.6 Å². The lowest BCUT2D eigenvalue weighted by molar-refractivity contribution is 0.100. The standard InChI is InChI=1S/C13H10Cl2N2O.C8H9NO.C5H2Cl2IN/c1-8(18)9-2-4-10(5-3-9)16-11-6-12(14)17-13(15)7-11;1-6(10)7-2-4-8(9)5-3-7;6-4-1-3(8)2-5(7)9-4/h2-7H,1H3,(H,16,17);2-5H,9H2,1H3;1-2H. The highest BCUT2D eigenvalue weighted by molar-refractivity contribution is 14.1. The van der Waals surface area contributed by atoms with Crippen LogP contribution in [-0.4, -0.2) is 21.5 Å². The molecule has 0 aliphatic rings. The smallest absolute Gasteiger partial charge is 0.159 e. The number of benzene rings is 2. The average Bonchev–Trinajstić information content (AvgIpc) is 2.79. The third-order valence-corrected chi connectivity index (χ3v) is 5.79. The number of nitrogens with two attached hydrogens (primary N) is 1. The van der Waals surface area contributed by atoms with Crippen LogP contribution in [-0.2, 0) is 0 Å². The quantitative estimate of drug-likeness (QED) is 0.0962. The summed E-state index contributed by atoms with van der Waals surface area (Å²) >= 11 is 24.8. The second-order valence-corrected chi connectivity index (χ2v) is 10.2. The number of hydrogen-bond donors (Lipinski definition) is 2. The number of carbonyl (C=O) groups excluding carboxylic acids is 2. The Bertz CT molecular complexity index is 1300. The summed E-state index contributed by atoms with van der Waals surface area (Å²) in [6.45, 7) is 3.07. The van der Waals surface area contributed by atoms with Gasteiger partial charge in [-0.1, -0.05) is 46.4 Å². The molecule has 0 amide bonds. The van der Waals surface area contributed by atoms with Gasteiger partial charge in [-0.05, 0) is 109 Å². The van der Waals surface area contributed by atoms with Crippen molar-refractivity contribution < 1.29 is 9.59 Å². The number of anilines is 3. The lowest BCUT2D eigenvalue weighted by atomic mass is 10.1. The Morgan fingerprint density at radius 3 is 1.43 bits per heavy atom. The van der Waals surface area contributed by atoms with E-state index < -0.39 is 0 Å². The van der Waals surface area contributed by atoms with E-state index in [2.05, 4.69) is 37.9 Å². The third-order valence-electron chi connectivity index (χ3n) is 4.39. The molecule has 0 unspecified atom stereocenters. The molecule has 0 radical (unpaired) electrons. The highest BCUT2D eigenvalue weighted by Gasteiger charge is 2.02. The van der Waals surface area contributed by atoms with Crippen molar-refractivity contribution in [1.29, 1.82) is 0 Å². The molecule has 0 aliphatic carbocycles. The highest BCUT2D eigenvalue weighted by Crippen LogP contribution is 2.23. The highest BCUT2D eigenvalue weighted by atomic mass is 127. The molecule has 3 N–H and O–H groups in total. The minimum Gasteiger partial charge on any atom is -0.399 e. The zero-order chi connectivity index (χ0) is 27.5. The number of halogens is 5. The summed E-state index contributed by atoms with van der Waals surface area (Å²) in [6.07, 6.45) is 0. The Hall–Kier alpha value is -2.43. The minimum absolute atomic E-state index is 0.0385. The summed E-state index contributed by atoms with van der Waals surface area (Å²) in [5.74, 6) is 0.108. The SMILES string of the molecule is CC(=O)c1ccc(N)cc1.CC(=O)c1ccc(Nc2cc(Cl)nc(Cl)c2)cc1.Clc1cc(I)cc(Cl)n1. The molecule has 0 saturated carbocycles. The van der Waals surface area contributed by atoms with Gasteiger partial charge in [-0.2, -0.15) is 0 Å². The van der Waals surface area contributed by atoms with E-state index in [1.165, 1.54) is 13.8 Å². The second-order valence-electron chi connectivity index (χ2n) is 7.37. The van der Waals surface area contributed by atoms with Gasteiger partial charge >= 0.3 is 0 Å². The van der Waals surface area contributed by atoms with Crippen LogP contribution >= 0.6 is 69.0 Å². The van der Waals surface area contributed by atoms with Crippen LogP contribution in [0.25, 0.3) is 0 Å². The van der Waals surface area contributed by atoms with Crippen molar-refractivity contribution in [1.82, 2.24) is 9.97 Å². The molecule has 2 aromatic carbocycles. The number of nitrogen functional groups attached to an aromatic ring is 1. The van der Waals surface area contributed by atoms with Crippen molar-refractivity contribution in [3.63, 3.8) is 0 Å². The van der Waals surface area contributed by atoms with E-state index in [0.29, 0.717) is 37.4 Å². The molecule has 192 valence electrons. The van der Waals surface area contributed by atoms with E-state index in [9.17, 15) is 9.59 Å². The first-order chi connectivity index (χ1) is 17.4. The monoisotopic (exact) mass is 688 g/mol. The minimum atomic E-state index is 0.0385. The van der Waals surface area contributed by atoms with E-state index in [1.807, 2.05) is 12.1 Å². The topological polar surface area (TPSA) is 98.0 Å². The first kappa shape index (κ1) is 30.8. The van der Waals surface area contributed by atoms with Gasteiger partial charge in [0.1, 0.15) is 20.6 Å². The summed E-state index contributed by atoms with van der Waals surface area (Å²) in [7, 11) is 0. The summed E-state index contributed by atoms with van der Waals surface area (Å²) in [5, 5.41) is 4.65. The second kappa shape index (κ2) is 15.1. The average molecular weight is 690 g/mol. The molecule has 6 nitrogen and oxygen atoms in total. The summed E-state index contributed by atoms with van der Waals surface area (Å²) in [4.78, 5) is 29.5. The lowest BCUT2D eigenvalue weighted by Crippen LogP contribution is -1.94. The molecule has 11 heteroatoms. The Labute approximate surface area is 248 Å². The summed E-state index contributed by atoms with van der Waals surface area (Å²) < 4.78 is 0.998. The van der Waals surface area contributed by atoms with Gasteiger partial charge in [-0.3, -0.25) is 9.59 Å². The normalized spacial score (nSPS) is 9.81. The number of rotatable bonds is 4. The van der Waals surface area contributed by atoms with Crippen LogP contribution in [0.3, 0.4) is 0 Å². The Balaban J connectivity index is 0.000000214. The summed E-state index contributed by atoms with van der Waals surface area (Å²) in [6, 6.07) is 20.9. The third kappa shape index (κ3) is 11.7. The van der Waals surface area contributed by atoms with Crippen molar-refractivity contribution in [3.05, 3.63) is 108 Å². The molecule has 37 heavy (non-hydrogen) atoms. The van der Waals surface area contributed by atoms with Crippen LogP contribution in [0.2, 0.25) is 20.6 Å². The number of pyridine rings is 2. The Morgan fingerprint density at radius 2 is 1.05 bits per heavy atom. The maximum atomic E-state index is 11.1. The van der Waals surface area contributed by atoms with Crippen LogP contribution in [0.5, 0.6) is 0 Å². The molecule has 0 saturated heterocycles. The zero-order valence-electron chi connectivity index (χ0n) is 19.6. The van der Waals surface area contributed by atoms with Crippen molar-refractivity contribution in [2.75, 3.05) is 11.1 Å². The summed E-state index contributed by atoms with van der Waals surface area (Å²) in [5.41, 5.74) is 9.07. The predicted octanol–water partition coefficient (Wildman–Crippen LogP) is 8.80. The van der Waals surface area contributed by atoms with Gasteiger partial charge in [0.05, 0.1) is 0 Å². The van der Waals surface area contributed by atoms with Crippen LogP contribution in [0, 0.1) is 3.57 Å². The molecule has 4 aromatic rings. The largest absolute Gasteiger partial charge is 0.399 e. The lowest BCUT2D eigenvalue weighted by Gasteiger charge is -2.07. The van der Waals surface area contributed by atoms with E-state index in [4.69, 9.17) is 52.1 Å². The van der Waals surface area contributed by atoms with Gasteiger partial charge in [0.25, 0.3) is 0 Å². The zero-order valence-corrected chi connectivity index (χ0v) is 24.8. The van der Waals surface area contributed by atoms with Crippen molar-refractivity contribution >= 4 is 97.6 Å². The molecular formula is C26H21Cl4IN4O2. The van der Waals surface area contributed by atoms with Crippen molar-refractivity contribution in [2.24, 2.45) is 0 Å². The Morgan fingerprint density at radius 1 is 0.676 bits per heavy atom. The molecule has 2 heterocycles. The van der Waals surface area contributed by atoms with Crippen LogP contribution in [0.15, 0.2) is 72.8 Å². The maximum absolute atomic E-state index is 11.1. The Kier molecular flexibility index (Phi) is 12.6. The van der Waals surface area contributed by atoms with Gasteiger partial charge in [-0.15, -0.1) is 0 Å². The van der Waals surface area contributed by atoms with E-state index >= 15 is 0 Å². The van der Waals surface area contributed by atoms with Crippen molar-refractivity contribution in [2.45, 2.75) is 13.8 Å². The van der Waals surface area contributed by atoms with E-state index in [1.54, 1.807) is 60.7 Å². The molecular weight excluding hydrogens is 669 g/mol. The number of ketones is 2. The molecule has 0 bridgehead atoms. The van der Waals surface area contributed by atoms with Gasteiger partial charge < -0.3 is 11.1 Å². The first-order valence-corrected chi connectivity index (χ1v) is 13.1. The fraction of sp³-hybridized carbons (Fsp3) is 0.0769. The number of hydrogen-bond acceptors (Lipinski definition) is 6. The van der Waals surface area contributed by atoms with Gasteiger partial charge in [0.2, 0.25) is 0 Å². The molecule has 0 fully saturated rings. The fourth-order valence-corrected chi connectivity index (χ4v) is 4.52. The first-order valence-electron chi connectivity index (χ1n) is 10.5. The number of nitrogens with one attached hydrogen (secondary N) is 1. The van der Waals surface area contributed by atoms with Gasteiger partial charge in [0, 0.05) is 31.8 Å². The number of aromatic nitrogens is 2. The van der Waals surface area contributed by atoms with Gasteiger partial charge in [-0.25, -0.2) is 9.97 Å². The van der Waals surface area contributed by atoms with E-state index in [-0.39, 0.29) is 11.6 Å². The molecule has 4 rings (SSSR count). The van der Waals surface area contributed by atoms with E-state index in [0.717, 1.165) is 14.9 Å². The molecule has 0 aliphatic heterocycles. The predicted molar refractivity (Wildman–Crippen MR) is 162 cm³/mol. The van der Waals surface area contributed by atoms with Crippen LogP contribution in [0.1, 0.15) is 34.6 Å². The maximum Gasteiger partial charge on any atom is 0.159 e. The fourth-order valence-electron chi connectivity index (χ4n) is 2.65. The number of nitrogens with zero attached hydrogens (tertiary/aromatic N) is 2.